The highest BCUT2D eigenvalue weighted by Crippen LogP contribution is 2.17. The van der Waals surface area contributed by atoms with Crippen LogP contribution in [0.15, 0.2) is 18.2 Å². The second kappa shape index (κ2) is 6.45. The second-order valence-electron chi connectivity index (χ2n) is 4.24. The molecule has 4 nitrogen and oxygen atoms in total. The Morgan fingerprint density at radius 1 is 1.53 bits per heavy atom. The van der Waals surface area contributed by atoms with Crippen LogP contribution >= 0.6 is 0 Å². The Bertz CT molecular complexity index is 338. The van der Waals surface area contributed by atoms with E-state index in [9.17, 15) is 0 Å². The van der Waals surface area contributed by atoms with Gasteiger partial charge < -0.3 is 14.8 Å². The van der Waals surface area contributed by atoms with Crippen LogP contribution in [-0.4, -0.2) is 31.3 Å². The number of nitrogens with one attached hydrogen (secondary N) is 1. The van der Waals surface area contributed by atoms with Crippen LogP contribution in [0.25, 0.3) is 0 Å². The number of rotatable bonds is 6. The Morgan fingerprint density at radius 3 is 3.24 bits per heavy atom. The van der Waals surface area contributed by atoms with Gasteiger partial charge in [-0.05, 0) is 31.7 Å². The van der Waals surface area contributed by atoms with Crippen molar-refractivity contribution in [1.29, 1.82) is 0 Å². The van der Waals surface area contributed by atoms with Crippen LogP contribution < -0.4 is 10.1 Å². The lowest BCUT2D eigenvalue weighted by Crippen LogP contribution is -2.10. The van der Waals surface area contributed by atoms with Gasteiger partial charge in [0.25, 0.3) is 0 Å². The fourth-order valence-corrected chi connectivity index (χ4v) is 1.96. The Morgan fingerprint density at radius 2 is 2.47 bits per heavy atom. The first-order valence-corrected chi connectivity index (χ1v) is 6.30. The third kappa shape index (κ3) is 3.89. The highest BCUT2D eigenvalue weighted by Gasteiger charge is 2.14. The van der Waals surface area contributed by atoms with E-state index in [0.717, 1.165) is 32.0 Å². The molecule has 0 radical (unpaired) electrons. The molecule has 1 aliphatic heterocycles. The van der Waals surface area contributed by atoms with Crippen molar-refractivity contribution in [2.75, 3.05) is 31.7 Å². The molecule has 0 aliphatic carbocycles. The van der Waals surface area contributed by atoms with E-state index in [4.69, 9.17) is 9.47 Å². The molecule has 1 aromatic rings. The first-order chi connectivity index (χ1) is 8.38. The third-order valence-electron chi connectivity index (χ3n) is 2.90. The molecule has 0 spiro atoms. The molecule has 94 valence electrons. The summed E-state index contributed by atoms with van der Waals surface area (Å²) in [6.45, 7) is 5.38. The molecule has 1 unspecified atom stereocenters. The lowest BCUT2D eigenvalue weighted by Gasteiger charge is -2.10. The van der Waals surface area contributed by atoms with Crippen LogP contribution in [-0.2, 0) is 4.74 Å². The molecule has 1 atom stereocenters. The summed E-state index contributed by atoms with van der Waals surface area (Å²) in [5.41, 5.74) is 0. The van der Waals surface area contributed by atoms with E-state index in [1.54, 1.807) is 0 Å². The summed E-state index contributed by atoms with van der Waals surface area (Å²) in [6.07, 6.45) is 2.33. The largest absolute Gasteiger partial charge is 0.478 e. The maximum Gasteiger partial charge on any atom is 0.215 e. The van der Waals surface area contributed by atoms with Gasteiger partial charge in [-0.2, -0.15) is 4.98 Å². The highest BCUT2D eigenvalue weighted by atomic mass is 16.5. The number of anilines is 1. The average Bonchev–Trinajstić information content (AvgIpc) is 2.83. The number of nitrogens with zero attached hydrogens (tertiary/aromatic N) is 1. The molecule has 1 fully saturated rings. The summed E-state index contributed by atoms with van der Waals surface area (Å²) in [5.74, 6) is 2.27. The summed E-state index contributed by atoms with van der Waals surface area (Å²) >= 11 is 0. The highest BCUT2D eigenvalue weighted by molar-refractivity contribution is 5.36. The smallest absolute Gasteiger partial charge is 0.215 e. The molecule has 2 heterocycles. The van der Waals surface area contributed by atoms with Gasteiger partial charge in [0, 0.05) is 25.8 Å². The Balaban J connectivity index is 1.75. The van der Waals surface area contributed by atoms with Crippen molar-refractivity contribution in [1.82, 2.24) is 4.98 Å². The molecule has 1 aromatic heterocycles. The molecule has 0 aromatic carbocycles. The molecule has 4 heteroatoms. The van der Waals surface area contributed by atoms with Crippen LogP contribution in [0.1, 0.15) is 19.8 Å². The maximum absolute atomic E-state index is 5.36. The fourth-order valence-electron chi connectivity index (χ4n) is 1.96. The van der Waals surface area contributed by atoms with E-state index in [0.29, 0.717) is 18.4 Å². The quantitative estimate of drug-likeness (QED) is 0.823. The van der Waals surface area contributed by atoms with E-state index < -0.39 is 0 Å². The zero-order valence-electron chi connectivity index (χ0n) is 10.3. The fraction of sp³-hybridized carbons (Fsp3) is 0.615. The normalized spacial score (nSPS) is 19.2. The Hall–Kier alpha value is -1.29. The number of hydrogen-bond donors (Lipinski definition) is 1. The van der Waals surface area contributed by atoms with E-state index >= 15 is 0 Å². The SMILES string of the molecule is CCOc1cccc(NCCC2CCOC2)n1. The van der Waals surface area contributed by atoms with Crippen molar-refractivity contribution < 1.29 is 9.47 Å². The zero-order chi connectivity index (χ0) is 11.9. The predicted molar refractivity (Wildman–Crippen MR) is 67.4 cm³/mol. The first kappa shape index (κ1) is 12.2. The molecule has 0 saturated carbocycles. The molecule has 1 saturated heterocycles. The molecule has 0 amide bonds. The van der Waals surface area contributed by atoms with Gasteiger partial charge in [0.1, 0.15) is 5.82 Å². The van der Waals surface area contributed by atoms with Gasteiger partial charge in [-0.3, -0.25) is 0 Å². The Kier molecular flexibility index (Phi) is 4.62. The number of pyridine rings is 1. The van der Waals surface area contributed by atoms with Gasteiger partial charge in [-0.1, -0.05) is 6.07 Å². The minimum atomic E-state index is 0.649. The van der Waals surface area contributed by atoms with E-state index in [1.165, 1.54) is 6.42 Å². The minimum absolute atomic E-state index is 0.649. The van der Waals surface area contributed by atoms with Gasteiger partial charge in [0.2, 0.25) is 5.88 Å². The van der Waals surface area contributed by atoms with Crippen molar-refractivity contribution in [3.63, 3.8) is 0 Å². The van der Waals surface area contributed by atoms with Gasteiger partial charge >= 0.3 is 0 Å². The van der Waals surface area contributed by atoms with E-state index in [1.807, 2.05) is 25.1 Å². The third-order valence-corrected chi connectivity index (χ3v) is 2.90. The predicted octanol–water partition coefficient (Wildman–Crippen LogP) is 2.32. The molecule has 17 heavy (non-hydrogen) atoms. The summed E-state index contributed by atoms with van der Waals surface area (Å²) in [5, 5.41) is 3.32. The summed E-state index contributed by atoms with van der Waals surface area (Å²) in [6, 6.07) is 5.80. The van der Waals surface area contributed by atoms with Crippen molar-refractivity contribution in [2.24, 2.45) is 5.92 Å². The Labute approximate surface area is 102 Å². The van der Waals surface area contributed by atoms with Crippen LogP contribution in [0.5, 0.6) is 5.88 Å². The van der Waals surface area contributed by atoms with E-state index in [-0.39, 0.29) is 0 Å². The lowest BCUT2D eigenvalue weighted by atomic mass is 10.1. The maximum atomic E-state index is 5.36. The average molecular weight is 236 g/mol. The summed E-state index contributed by atoms with van der Waals surface area (Å²) in [7, 11) is 0. The minimum Gasteiger partial charge on any atom is -0.478 e. The molecule has 2 rings (SSSR count). The molecular weight excluding hydrogens is 216 g/mol. The molecule has 1 aliphatic rings. The van der Waals surface area contributed by atoms with Crippen molar-refractivity contribution >= 4 is 5.82 Å². The van der Waals surface area contributed by atoms with Crippen molar-refractivity contribution in [3.8, 4) is 5.88 Å². The number of ether oxygens (including phenoxy) is 2. The van der Waals surface area contributed by atoms with Crippen LogP contribution in [0.2, 0.25) is 0 Å². The van der Waals surface area contributed by atoms with E-state index in [2.05, 4.69) is 10.3 Å². The standard InChI is InChI=1S/C13H20N2O2/c1-2-17-13-5-3-4-12(15-13)14-8-6-11-7-9-16-10-11/h3-5,11H,2,6-10H2,1H3,(H,14,15). The molecule has 0 bridgehead atoms. The van der Waals surface area contributed by atoms with Gasteiger partial charge in [-0.15, -0.1) is 0 Å². The van der Waals surface area contributed by atoms with Crippen molar-refractivity contribution in [2.45, 2.75) is 19.8 Å². The molecular formula is C13H20N2O2. The first-order valence-electron chi connectivity index (χ1n) is 6.30. The monoisotopic (exact) mass is 236 g/mol. The van der Waals surface area contributed by atoms with Crippen LogP contribution in [0, 0.1) is 5.92 Å². The number of aromatic nitrogens is 1. The summed E-state index contributed by atoms with van der Waals surface area (Å²) < 4.78 is 10.7. The van der Waals surface area contributed by atoms with Crippen LogP contribution in [0.3, 0.4) is 0 Å². The second-order valence-corrected chi connectivity index (χ2v) is 4.24. The van der Waals surface area contributed by atoms with Crippen molar-refractivity contribution in [3.05, 3.63) is 18.2 Å². The molecule has 1 N–H and O–H groups in total. The summed E-state index contributed by atoms with van der Waals surface area (Å²) in [4.78, 5) is 4.36. The van der Waals surface area contributed by atoms with Gasteiger partial charge in [-0.25, -0.2) is 0 Å². The number of hydrogen-bond acceptors (Lipinski definition) is 4. The van der Waals surface area contributed by atoms with Crippen LogP contribution in [0.4, 0.5) is 5.82 Å². The lowest BCUT2D eigenvalue weighted by molar-refractivity contribution is 0.185. The van der Waals surface area contributed by atoms with Gasteiger partial charge in [0.05, 0.1) is 6.61 Å². The topological polar surface area (TPSA) is 43.4 Å². The zero-order valence-corrected chi connectivity index (χ0v) is 10.3. The van der Waals surface area contributed by atoms with Gasteiger partial charge in [0.15, 0.2) is 0 Å².